The predicted octanol–water partition coefficient (Wildman–Crippen LogP) is 2.17. The van der Waals surface area contributed by atoms with Crippen LogP contribution in [0.2, 0.25) is 0 Å². The molecule has 0 aliphatic carbocycles. The van der Waals surface area contributed by atoms with Gasteiger partial charge in [0.15, 0.2) is 0 Å². The Labute approximate surface area is 66.2 Å². The van der Waals surface area contributed by atoms with Crippen LogP contribution in [0, 0.1) is 0 Å². The van der Waals surface area contributed by atoms with Crippen LogP contribution in [0.1, 0.15) is 32.6 Å². The molecule has 1 heterocycles. The minimum absolute atomic E-state index is 0.0509. The topological polar surface area (TPSA) is 12.0 Å². The molecule has 0 aromatic rings. The molecule has 1 atom stereocenters. The fourth-order valence-corrected chi connectivity index (χ4v) is 1.46. The first-order valence-corrected chi connectivity index (χ1v) is 4.28. The second-order valence-electron chi connectivity index (χ2n) is 3.12. The summed E-state index contributed by atoms with van der Waals surface area (Å²) in [5.41, 5.74) is 0. The van der Waals surface area contributed by atoms with Crippen LogP contribution in [-0.4, -0.2) is 18.5 Å². The van der Waals surface area contributed by atoms with Gasteiger partial charge >= 0.3 is 0 Å². The summed E-state index contributed by atoms with van der Waals surface area (Å²) in [7, 11) is 0. The molecule has 0 saturated carbocycles. The lowest BCUT2D eigenvalue weighted by molar-refractivity contribution is -0.0478. The molecule has 1 aliphatic heterocycles. The standard InChI is InChI=1S/C8H15F2N/c1-2-8(9,10)7-5-3-4-6-11-7/h7,11H,2-6H2,1H3. The molecule has 1 N–H and O–H groups in total. The summed E-state index contributed by atoms with van der Waals surface area (Å²) >= 11 is 0. The van der Waals surface area contributed by atoms with Crippen LogP contribution >= 0.6 is 0 Å². The number of alkyl halides is 2. The van der Waals surface area contributed by atoms with E-state index in [1.54, 1.807) is 0 Å². The Hall–Kier alpha value is -0.180. The summed E-state index contributed by atoms with van der Waals surface area (Å²) in [6, 6.07) is -0.568. The molecule has 0 aromatic heterocycles. The van der Waals surface area contributed by atoms with Crippen molar-refractivity contribution in [3.05, 3.63) is 0 Å². The van der Waals surface area contributed by atoms with Crippen molar-refractivity contribution in [3.63, 3.8) is 0 Å². The Kier molecular flexibility index (Phi) is 2.82. The lowest BCUT2D eigenvalue weighted by atomic mass is 9.98. The van der Waals surface area contributed by atoms with Gasteiger partial charge in [-0.25, -0.2) is 8.78 Å². The number of halogens is 2. The molecule has 66 valence electrons. The van der Waals surface area contributed by atoms with E-state index in [2.05, 4.69) is 5.32 Å². The number of piperidine rings is 1. The van der Waals surface area contributed by atoms with E-state index in [1.807, 2.05) is 0 Å². The van der Waals surface area contributed by atoms with E-state index in [1.165, 1.54) is 6.92 Å². The van der Waals surface area contributed by atoms with Gasteiger partial charge in [-0.1, -0.05) is 13.3 Å². The Bertz CT molecular complexity index is 119. The van der Waals surface area contributed by atoms with Crippen molar-refractivity contribution in [2.75, 3.05) is 6.54 Å². The summed E-state index contributed by atoms with van der Waals surface area (Å²) in [6.07, 6.45) is 2.55. The highest BCUT2D eigenvalue weighted by atomic mass is 19.3. The van der Waals surface area contributed by atoms with Gasteiger partial charge in [0.05, 0.1) is 6.04 Å². The minimum atomic E-state index is -2.50. The molecule has 0 amide bonds. The van der Waals surface area contributed by atoms with Gasteiger partial charge in [-0.2, -0.15) is 0 Å². The van der Waals surface area contributed by atoms with E-state index in [-0.39, 0.29) is 6.42 Å². The van der Waals surface area contributed by atoms with Crippen molar-refractivity contribution < 1.29 is 8.78 Å². The Morgan fingerprint density at radius 2 is 2.18 bits per heavy atom. The molecule has 0 radical (unpaired) electrons. The molecule has 1 nitrogen and oxygen atoms in total. The molecule has 11 heavy (non-hydrogen) atoms. The summed E-state index contributed by atoms with van der Waals surface area (Å²) in [4.78, 5) is 0. The smallest absolute Gasteiger partial charge is 0.262 e. The van der Waals surface area contributed by atoms with E-state index >= 15 is 0 Å². The minimum Gasteiger partial charge on any atom is -0.309 e. The molecule has 3 heteroatoms. The zero-order valence-electron chi connectivity index (χ0n) is 6.87. The number of hydrogen-bond acceptors (Lipinski definition) is 1. The average Bonchev–Trinajstić information content (AvgIpc) is 2.06. The zero-order valence-corrected chi connectivity index (χ0v) is 6.87. The Morgan fingerprint density at radius 1 is 1.45 bits per heavy atom. The van der Waals surface area contributed by atoms with Gasteiger partial charge in [0.25, 0.3) is 5.92 Å². The molecule has 1 unspecified atom stereocenters. The largest absolute Gasteiger partial charge is 0.309 e. The summed E-state index contributed by atoms with van der Waals surface area (Å²) in [5.74, 6) is -2.50. The number of rotatable bonds is 2. The zero-order chi connectivity index (χ0) is 8.32. The second-order valence-corrected chi connectivity index (χ2v) is 3.12. The second kappa shape index (κ2) is 3.48. The van der Waals surface area contributed by atoms with Crippen LogP contribution < -0.4 is 5.32 Å². The lowest BCUT2D eigenvalue weighted by Gasteiger charge is -2.30. The summed E-state index contributed by atoms with van der Waals surface area (Å²) < 4.78 is 26.0. The van der Waals surface area contributed by atoms with Crippen molar-refractivity contribution in [1.29, 1.82) is 0 Å². The van der Waals surface area contributed by atoms with Crippen molar-refractivity contribution >= 4 is 0 Å². The van der Waals surface area contributed by atoms with E-state index in [0.717, 1.165) is 19.4 Å². The van der Waals surface area contributed by atoms with Crippen LogP contribution in [0.3, 0.4) is 0 Å². The quantitative estimate of drug-likeness (QED) is 0.657. The summed E-state index contributed by atoms with van der Waals surface area (Å²) in [5, 5.41) is 2.86. The molecule has 0 bridgehead atoms. The molecule has 1 rings (SSSR count). The number of nitrogens with one attached hydrogen (secondary N) is 1. The molecule has 0 spiro atoms. The van der Waals surface area contributed by atoms with Gasteiger partial charge in [0.1, 0.15) is 0 Å². The predicted molar refractivity (Wildman–Crippen MR) is 40.9 cm³/mol. The highest BCUT2D eigenvalue weighted by molar-refractivity contribution is 4.84. The number of hydrogen-bond donors (Lipinski definition) is 1. The van der Waals surface area contributed by atoms with Crippen LogP contribution in [0.4, 0.5) is 8.78 Å². The fraction of sp³-hybridized carbons (Fsp3) is 1.00. The Balaban J connectivity index is 2.43. The third-order valence-corrected chi connectivity index (χ3v) is 2.29. The van der Waals surface area contributed by atoms with Gasteiger partial charge in [-0.05, 0) is 19.4 Å². The van der Waals surface area contributed by atoms with Gasteiger partial charge in [0, 0.05) is 6.42 Å². The van der Waals surface area contributed by atoms with Gasteiger partial charge in [-0.3, -0.25) is 0 Å². The highest BCUT2D eigenvalue weighted by Gasteiger charge is 2.37. The van der Waals surface area contributed by atoms with Crippen LogP contribution in [0.15, 0.2) is 0 Å². The highest BCUT2D eigenvalue weighted by Crippen LogP contribution is 2.27. The van der Waals surface area contributed by atoms with E-state index in [4.69, 9.17) is 0 Å². The molecule has 1 fully saturated rings. The average molecular weight is 163 g/mol. The Morgan fingerprint density at radius 3 is 2.64 bits per heavy atom. The van der Waals surface area contributed by atoms with Gasteiger partial charge < -0.3 is 5.32 Å². The van der Waals surface area contributed by atoms with E-state index in [0.29, 0.717) is 6.42 Å². The molecule has 0 aromatic carbocycles. The lowest BCUT2D eigenvalue weighted by Crippen LogP contribution is -2.47. The molecule has 1 aliphatic rings. The van der Waals surface area contributed by atoms with Crippen LogP contribution in [-0.2, 0) is 0 Å². The monoisotopic (exact) mass is 163 g/mol. The fourth-order valence-electron chi connectivity index (χ4n) is 1.46. The van der Waals surface area contributed by atoms with Crippen molar-refractivity contribution in [1.82, 2.24) is 5.32 Å². The first-order chi connectivity index (χ1) is 5.17. The van der Waals surface area contributed by atoms with Crippen molar-refractivity contribution in [3.8, 4) is 0 Å². The molecule has 1 saturated heterocycles. The SMILES string of the molecule is CCC(F)(F)C1CCCCN1. The normalized spacial score (nSPS) is 27.0. The van der Waals surface area contributed by atoms with Crippen molar-refractivity contribution in [2.45, 2.75) is 44.6 Å². The third-order valence-electron chi connectivity index (χ3n) is 2.29. The maximum atomic E-state index is 13.0. The third kappa shape index (κ3) is 2.12. The molecular formula is C8H15F2N. The van der Waals surface area contributed by atoms with Gasteiger partial charge in [-0.15, -0.1) is 0 Å². The van der Waals surface area contributed by atoms with E-state index < -0.39 is 12.0 Å². The maximum Gasteiger partial charge on any atom is 0.262 e. The van der Waals surface area contributed by atoms with E-state index in [9.17, 15) is 8.78 Å². The first-order valence-electron chi connectivity index (χ1n) is 4.28. The van der Waals surface area contributed by atoms with Crippen LogP contribution in [0.25, 0.3) is 0 Å². The maximum absolute atomic E-state index is 13.0. The van der Waals surface area contributed by atoms with Crippen LogP contribution in [0.5, 0.6) is 0 Å². The van der Waals surface area contributed by atoms with Crippen molar-refractivity contribution in [2.24, 2.45) is 0 Å². The molecular weight excluding hydrogens is 148 g/mol. The van der Waals surface area contributed by atoms with Gasteiger partial charge in [0.2, 0.25) is 0 Å². The summed E-state index contributed by atoms with van der Waals surface area (Å²) in [6.45, 7) is 2.29. The first kappa shape index (κ1) is 8.91.